The Hall–Kier alpha value is -2.31. The van der Waals surface area contributed by atoms with Crippen molar-refractivity contribution in [3.8, 4) is 0 Å². The number of thioether (sulfide) groups is 1. The van der Waals surface area contributed by atoms with E-state index in [1.54, 1.807) is 0 Å². The molecule has 2 aliphatic rings. The molecule has 30 heavy (non-hydrogen) atoms. The SMILES string of the molecule is Cc1ccc(C(=O)N2CCSC23CCN(C(=O)COCc2ccccc2)CC3)cc1. The first-order valence-corrected chi connectivity index (χ1v) is 11.5. The van der Waals surface area contributed by atoms with Crippen molar-refractivity contribution in [3.63, 3.8) is 0 Å². The summed E-state index contributed by atoms with van der Waals surface area (Å²) in [6, 6.07) is 17.7. The van der Waals surface area contributed by atoms with E-state index in [0.717, 1.165) is 41.8 Å². The van der Waals surface area contributed by atoms with Gasteiger partial charge in [-0.2, -0.15) is 0 Å². The van der Waals surface area contributed by atoms with Gasteiger partial charge in [0.25, 0.3) is 5.91 Å². The summed E-state index contributed by atoms with van der Waals surface area (Å²) in [5, 5.41) is 0. The van der Waals surface area contributed by atoms with Gasteiger partial charge in [-0.3, -0.25) is 9.59 Å². The van der Waals surface area contributed by atoms with E-state index in [2.05, 4.69) is 0 Å². The van der Waals surface area contributed by atoms with Gasteiger partial charge >= 0.3 is 0 Å². The first kappa shape index (κ1) is 20.9. The van der Waals surface area contributed by atoms with E-state index >= 15 is 0 Å². The number of amides is 2. The highest BCUT2D eigenvalue weighted by atomic mass is 32.2. The van der Waals surface area contributed by atoms with Crippen molar-refractivity contribution in [1.82, 2.24) is 9.80 Å². The van der Waals surface area contributed by atoms with Gasteiger partial charge in [-0.05, 0) is 37.5 Å². The Bertz CT molecular complexity index is 877. The first-order valence-electron chi connectivity index (χ1n) is 10.5. The average Bonchev–Trinajstić information content (AvgIpc) is 3.18. The molecule has 0 atom stereocenters. The van der Waals surface area contributed by atoms with E-state index in [-0.39, 0.29) is 23.3 Å². The maximum absolute atomic E-state index is 13.1. The summed E-state index contributed by atoms with van der Waals surface area (Å²) in [6.07, 6.45) is 1.61. The molecule has 0 N–H and O–H groups in total. The fourth-order valence-electron chi connectivity index (χ4n) is 4.19. The van der Waals surface area contributed by atoms with E-state index in [1.165, 1.54) is 0 Å². The molecule has 0 radical (unpaired) electrons. The second kappa shape index (κ2) is 9.23. The van der Waals surface area contributed by atoms with Crippen molar-refractivity contribution in [1.29, 1.82) is 0 Å². The summed E-state index contributed by atoms with van der Waals surface area (Å²) >= 11 is 1.86. The van der Waals surface area contributed by atoms with Gasteiger partial charge in [0.15, 0.2) is 0 Å². The van der Waals surface area contributed by atoms with Crippen LogP contribution in [0.1, 0.15) is 34.3 Å². The predicted octanol–water partition coefficient (Wildman–Crippen LogP) is 3.72. The van der Waals surface area contributed by atoms with Crippen LogP contribution in [-0.4, -0.2) is 58.5 Å². The van der Waals surface area contributed by atoms with Crippen LogP contribution in [0.25, 0.3) is 0 Å². The lowest BCUT2D eigenvalue weighted by Gasteiger charge is -2.44. The van der Waals surface area contributed by atoms with Gasteiger partial charge in [0.2, 0.25) is 5.91 Å². The lowest BCUT2D eigenvalue weighted by Crippen LogP contribution is -2.54. The zero-order valence-electron chi connectivity index (χ0n) is 17.4. The smallest absolute Gasteiger partial charge is 0.254 e. The molecule has 2 saturated heterocycles. The molecule has 1 spiro atoms. The largest absolute Gasteiger partial charge is 0.367 e. The molecular weight excluding hydrogens is 396 g/mol. The van der Waals surface area contributed by atoms with Gasteiger partial charge in [-0.15, -0.1) is 11.8 Å². The zero-order chi connectivity index (χ0) is 21.0. The molecule has 2 amide bonds. The van der Waals surface area contributed by atoms with Crippen molar-refractivity contribution in [3.05, 3.63) is 71.3 Å². The molecule has 2 aliphatic heterocycles. The van der Waals surface area contributed by atoms with E-state index in [4.69, 9.17) is 4.74 Å². The van der Waals surface area contributed by atoms with Gasteiger partial charge in [-0.25, -0.2) is 0 Å². The fourth-order valence-corrected chi connectivity index (χ4v) is 5.64. The number of likely N-dealkylation sites (tertiary alicyclic amines) is 1. The number of piperidine rings is 1. The number of hydrogen-bond acceptors (Lipinski definition) is 4. The van der Waals surface area contributed by atoms with Crippen LogP contribution < -0.4 is 0 Å². The highest BCUT2D eigenvalue weighted by molar-refractivity contribution is 8.00. The third-order valence-corrected chi connectivity index (χ3v) is 7.51. The molecule has 2 heterocycles. The van der Waals surface area contributed by atoms with Crippen molar-refractivity contribution in [2.24, 2.45) is 0 Å². The highest BCUT2D eigenvalue weighted by Gasteiger charge is 2.47. The summed E-state index contributed by atoms with van der Waals surface area (Å²) in [6.45, 7) is 4.67. The third kappa shape index (κ3) is 4.55. The number of aryl methyl sites for hydroxylation is 1. The Labute approximate surface area is 182 Å². The number of rotatable bonds is 5. The van der Waals surface area contributed by atoms with Gasteiger partial charge in [0.1, 0.15) is 6.61 Å². The second-order valence-corrected chi connectivity index (χ2v) is 9.43. The van der Waals surface area contributed by atoms with E-state index in [0.29, 0.717) is 19.7 Å². The minimum Gasteiger partial charge on any atom is -0.367 e. The summed E-state index contributed by atoms with van der Waals surface area (Å²) in [5.74, 6) is 1.08. The Kier molecular flexibility index (Phi) is 6.44. The lowest BCUT2D eigenvalue weighted by atomic mass is 10.0. The van der Waals surface area contributed by atoms with Crippen LogP contribution in [0.4, 0.5) is 0 Å². The molecule has 0 bridgehead atoms. The topological polar surface area (TPSA) is 49.9 Å². The lowest BCUT2D eigenvalue weighted by molar-refractivity contribution is -0.138. The molecular formula is C24H28N2O3S. The van der Waals surface area contributed by atoms with E-state index in [9.17, 15) is 9.59 Å². The normalized spacial score (nSPS) is 18.0. The number of nitrogens with zero attached hydrogens (tertiary/aromatic N) is 2. The molecule has 158 valence electrons. The van der Waals surface area contributed by atoms with Gasteiger partial charge in [-0.1, -0.05) is 48.0 Å². The van der Waals surface area contributed by atoms with Crippen LogP contribution in [0.5, 0.6) is 0 Å². The van der Waals surface area contributed by atoms with Crippen LogP contribution in [0.3, 0.4) is 0 Å². The monoisotopic (exact) mass is 424 g/mol. The number of hydrogen-bond donors (Lipinski definition) is 0. The van der Waals surface area contributed by atoms with E-state index in [1.807, 2.05) is 83.1 Å². The molecule has 0 aromatic heterocycles. The van der Waals surface area contributed by atoms with Crippen LogP contribution in [0.2, 0.25) is 0 Å². The molecule has 4 rings (SSSR count). The number of carbonyl (C=O) groups is 2. The summed E-state index contributed by atoms with van der Waals surface area (Å²) < 4.78 is 5.62. The van der Waals surface area contributed by atoms with Crippen molar-refractivity contribution in [2.75, 3.05) is 32.0 Å². The number of benzene rings is 2. The first-order chi connectivity index (χ1) is 14.6. The Morgan fingerprint density at radius 2 is 1.70 bits per heavy atom. The molecule has 2 fully saturated rings. The Balaban J connectivity index is 1.31. The molecule has 0 aliphatic carbocycles. The quantitative estimate of drug-likeness (QED) is 0.734. The zero-order valence-corrected chi connectivity index (χ0v) is 18.2. The maximum Gasteiger partial charge on any atom is 0.254 e. The highest BCUT2D eigenvalue weighted by Crippen LogP contribution is 2.44. The van der Waals surface area contributed by atoms with Crippen LogP contribution in [-0.2, 0) is 16.1 Å². The molecule has 0 unspecified atom stereocenters. The van der Waals surface area contributed by atoms with Crippen molar-refractivity contribution in [2.45, 2.75) is 31.2 Å². The molecule has 5 nitrogen and oxygen atoms in total. The standard InChI is InChI=1S/C24H28N2O3S/c1-19-7-9-21(10-8-19)23(28)26-15-16-30-24(26)11-13-25(14-12-24)22(27)18-29-17-20-5-3-2-4-6-20/h2-10H,11-18H2,1H3. The molecule has 0 saturated carbocycles. The van der Waals surface area contributed by atoms with Crippen LogP contribution in [0, 0.1) is 6.92 Å². The van der Waals surface area contributed by atoms with Crippen LogP contribution in [0.15, 0.2) is 54.6 Å². The Morgan fingerprint density at radius 3 is 2.40 bits per heavy atom. The van der Waals surface area contributed by atoms with E-state index < -0.39 is 0 Å². The summed E-state index contributed by atoms with van der Waals surface area (Å²) in [7, 11) is 0. The van der Waals surface area contributed by atoms with Crippen molar-refractivity contribution < 1.29 is 14.3 Å². The summed E-state index contributed by atoms with van der Waals surface area (Å²) in [4.78, 5) is 29.4. The van der Waals surface area contributed by atoms with Gasteiger partial charge in [0, 0.05) is 31.0 Å². The van der Waals surface area contributed by atoms with Crippen molar-refractivity contribution >= 4 is 23.6 Å². The fraction of sp³-hybridized carbons (Fsp3) is 0.417. The van der Waals surface area contributed by atoms with Gasteiger partial charge < -0.3 is 14.5 Å². The molecule has 2 aromatic rings. The number of carbonyl (C=O) groups excluding carboxylic acids is 2. The van der Waals surface area contributed by atoms with Gasteiger partial charge in [0.05, 0.1) is 11.5 Å². The molecule has 2 aromatic carbocycles. The minimum absolute atomic E-state index is 0.0280. The van der Waals surface area contributed by atoms with Crippen LogP contribution >= 0.6 is 11.8 Å². The maximum atomic E-state index is 13.1. The summed E-state index contributed by atoms with van der Waals surface area (Å²) in [5.41, 5.74) is 2.96. The predicted molar refractivity (Wildman–Crippen MR) is 119 cm³/mol. The number of ether oxygens (including phenoxy) is 1. The minimum atomic E-state index is -0.191. The average molecular weight is 425 g/mol. The Morgan fingerprint density at radius 1 is 1.00 bits per heavy atom. The molecule has 6 heteroatoms. The third-order valence-electron chi connectivity index (χ3n) is 5.96. The second-order valence-electron chi connectivity index (χ2n) is 7.98.